The molecule has 0 unspecified atom stereocenters. The van der Waals surface area contributed by atoms with Gasteiger partial charge < -0.3 is 14.4 Å². The average molecular weight is 316 g/mol. The van der Waals surface area contributed by atoms with Crippen LogP contribution < -0.4 is 14.8 Å². The van der Waals surface area contributed by atoms with E-state index in [1.165, 1.54) is 16.9 Å². The van der Waals surface area contributed by atoms with Crippen LogP contribution in [-0.2, 0) is 0 Å². The molecule has 6 heteroatoms. The summed E-state index contributed by atoms with van der Waals surface area (Å²) in [6, 6.07) is 9.87. The molecular weight excluding hydrogens is 300 g/mol. The van der Waals surface area contributed by atoms with E-state index in [0.29, 0.717) is 12.7 Å². The van der Waals surface area contributed by atoms with Crippen LogP contribution in [0.3, 0.4) is 0 Å². The molecule has 22 heavy (non-hydrogen) atoms. The minimum absolute atomic E-state index is 0.0225. The Morgan fingerprint density at radius 3 is 3.05 bits per heavy atom. The lowest BCUT2D eigenvalue weighted by atomic mass is 9.98. The highest BCUT2D eigenvalue weighted by Gasteiger charge is 2.28. The molecule has 1 N–H and O–H groups in total. The number of anilines is 1. The fourth-order valence-electron chi connectivity index (χ4n) is 2.92. The Hall–Kier alpha value is -2.21. The predicted molar refractivity (Wildman–Crippen MR) is 84.8 cm³/mol. The quantitative estimate of drug-likeness (QED) is 0.922. The van der Waals surface area contributed by atoms with E-state index in [9.17, 15) is 4.79 Å². The normalized spacial score (nSPS) is 19.5. The zero-order valence-electron chi connectivity index (χ0n) is 12.0. The standard InChI is InChI=1S/C16H16N2O3S/c19-16(17-15-2-1-7-22-15)18-6-5-12(9-18)11-3-4-13-14(8-11)21-10-20-13/h1-4,7-8,12H,5-6,9-10H2,(H,17,19)/t12-/m0/s1. The first-order valence-corrected chi connectivity index (χ1v) is 8.16. The Morgan fingerprint density at radius 2 is 2.18 bits per heavy atom. The third kappa shape index (κ3) is 2.50. The maximum atomic E-state index is 12.3. The van der Waals surface area contributed by atoms with Crippen molar-refractivity contribution >= 4 is 22.4 Å². The molecule has 1 fully saturated rings. The van der Waals surface area contributed by atoms with E-state index in [0.717, 1.165) is 36.0 Å². The molecule has 2 aromatic rings. The lowest BCUT2D eigenvalue weighted by Crippen LogP contribution is -2.32. The average Bonchev–Trinajstić information content (AvgIpc) is 3.27. The summed E-state index contributed by atoms with van der Waals surface area (Å²) in [4.78, 5) is 14.1. The number of benzene rings is 1. The Kier molecular flexibility index (Phi) is 3.38. The lowest BCUT2D eigenvalue weighted by Gasteiger charge is -2.17. The molecule has 0 saturated carbocycles. The number of nitrogens with one attached hydrogen (secondary N) is 1. The molecule has 5 nitrogen and oxygen atoms in total. The monoisotopic (exact) mass is 316 g/mol. The third-order valence-corrected chi connectivity index (χ3v) is 4.88. The van der Waals surface area contributed by atoms with Crippen LogP contribution in [0, 0.1) is 0 Å². The largest absolute Gasteiger partial charge is 0.454 e. The summed E-state index contributed by atoms with van der Waals surface area (Å²) in [6.45, 7) is 1.80. The van der Waals surface area contributed by atoms with Gasteiger partial charge in [0.2, 0.25) is 6.79 Å². The molecule has 4 rings (SSSR count). The van der Waals surface area contributed by atoms with Crippen LogP contribution >= 0.6 is 11.3 Å². The van der Waals surface area contributed by atoms with Gasteiger partial charge >= 0.3 is 6.03 Å². The summed E-state index contributed by atoms with van der Waals surface area (Å²) < 4.78 is 10.8. The van der Waals surface area contributed by atoms with E-state index >= 15 is 0 Å². The van der Waals surface area contributed by atoms with Gasteiger partial charge in [-0.05, 0) is 41.6 Å². The second-order valence-corrected chi connectivity index (χ2v) is 6.40. The van der Waals surface area contributed by atoms with Crippen molar-refractivity contribution in [1.82, 2.24) is 4.90 Å². The number of hydrogen-bond acceptors (Lipinski definition) is 4. The molecule has 1 atom stereocenters. The van der Waals surface area contributed by atoms with Gasteiger partial charge in [0, 0.05) is 19.0 Å². The second kappa shape index (κ2) is 5.53. The van der Waals surface area contributed by atoms with Crippen molar-refractivity contribution in [3.8, 4) is 11.5 Å². The number of likely N-dealkylation sites (tertiary alicyclic amines) is 1. The predicted octanol–water partition coefficient (Wildman–Crippen LogP) is 3.50. The molecule has 1 saturated heterocycles. The molecule has 0 radical (unpaired) electrons. The molecule has 114 valence electrons. The van der Waals surface area contributed by atoms with Crippen LogP contribution in [0.5, 0.6) is 11.5 Å². The summed E-state index contributed by atoms with van der Waals surface area (Å²) in [7, 11) is 0. The molecular formula is C16H16N2O3S. The lowest BCUT2D eigenvalue weighted by molar-refractivity contribution is 0.174. The number of hydrogen-bond donors (Lipinski definition) is 1. The van der Waals surface area contributed by atoms with Crippen molar-refractivity contribution in [2.24, 2.45) is 0 Å². The number of urea groups is 1. The molecule has 2 aliphatic heterocycles. The minimum Gasteiger partial charge on any atom is -0.454 e. The van der Waals surface area contributed by atoms with Crippen LogP contribution in [0.25, 0.3) is 0 Å². The van der Waals surface area contributed by atoms with Gasteiger partial charge in [-0.2, -0.15) is 0 Å². The Bertz CT molecular complexity index is 687. The van der Waals surface area contributed by atoms with E-state index in [1.54, 1.807) is 0 Å². The molecule has 0 spiro atoms. The number of thiophene rings is 1. The summed E-state index contributed by atoms with van der Waals surface area (Å²) in [6.07, 6.45) is 0.970. The number of amides is 2. The van der Waals surface area contributed by atoms with Crippen LogP contribution in [0.15, 0.2) is 35.7 Å². The van der Waals surface area contributed by atoms with Gasteiger partial charge in [-0.25, -0.2) is 4.79 Å². The second-order valence-electron chi connectivity index (χ2n) is 5.45. The first-order valence-electron chi connectivity index (χ1n) is 7.28. The van der Waals surface area contributed by atoms with Crippen molar-refractivity contribution in [3.05, 3.63) is 41.3 Å². The first kappa shape index (κ1) is 13.5. The van der Waals surface area contributed by atoms with E-state index in [1.807, 2.05) is 34.5 Å². The number of nitrogens with zero attached hydrogens (tertiary/aromatic N) is 1. The maximum absolute atomic E-state index is 12.3. The van der Waals surface area contributed by atoms with Gasteiger partial charge in [-0.15, -0.1) is 11.3 Å². The zero-order chi connectivity index (χ0) is 14.9. The molecule has 0 aliphatic carbocycles. The number of rotatable bonds is 2. The number of carbonyl (C=O) groups excluding carboxylic acids is 1. The maximum Gasteiger partial charge on any atom is 0.322 e. The van der Waals surface area contributed by atoms with Gasteiger partial charge in [0.05, 0.1) is 5.00 Å². The zero-order valence-corrected chi connectivity index (χ0v) is 12.8. The highest BCUT2D eigenvalue weighted by Crippen LogP contribution is 2.37. The molecule has 3 heterocycles. The molecule has 1 aromatic heterocycles. The smallest absolute Gasteiger partial charge is 0.322 e. The number of carbonyl (C=O) groups is 1. The van der Waals surface area contributed by atoms with E-state index < -0.39 is 0 Å². The summed E-state index contributed by atoms with van der Waals surface area (Å²) >= 11 is 1.53. The van der Waals surface area contributed by atoms with Gasteiger partial charge in [-0.1, -0.05) is 6.07 Å². The van der Waals surface area contributed by atoms with Crippen LogP contribution in [0.4, 0.5) is 9.80 Å². The van der Waals surface area contributed by atoms with E-state index in [4.69, 9.17) is 9.47 Å². The van der Waals surface area contributed by atoms with E-state index in [-0.39, 0.29) is 6.03 Å². The minimum atomic E-state index is -0.0225. The van der Waals surface area contributed by atoms with Gasteiger partial charge in [0.1, 0.15) is 0 Å². The Morgan fingerprint density at radius 1 is 1.27 bits per heavy atom. The summed E-state index contributed by atoms with van der Waals surface area (Å²) in [5.74, 6) is 1.96. The fourth-order valence-corrected chi connectivity index (χ4v) is 3.53. The van der Waals surface area contributed by atoms with Crippen molar-refractivity contribution in [1.29, 1.82) is 0 Å². The summed E-state index contributed by atoms with van der Waals surface area (Å²) in [5.41, 5.74) is 1.20. The van der Waals surface area contributed by atoms with Gasteiger partial charge in [0.15, 0.2) is 11.5 Å². The topological polar surface area (TPSA) is 50.8 Å². The van der Waals surface area contributed by atoms with Crippen molar-refractivity contribution < 1.29 is 14.3 Å². The first-order chi connectivity index (χ1) is 10.8. The van der Waals surface area contributed by atoms with E-state index in [2.05, 4.69) is 11.4 Å². The van der Waals surface area contributed by atoms with Crippen LogP contribution in [-0.4, -0.2) is 30.8 Å². The van der Waals surface area contributed by atoms with Crippen molar-refractivity contribution in [3.63, 3.8) is 0 Å². The van der Waals surface area contributed by atoms with Gasteiger partial charge in [0.25, 0.3) is 0 Å². The Balaban J connectivity index is 1.42. The highest BCUT2D eigenvalue weighted by molar-refractivity contribution is 7.14. The van der Waals surface area contributed by atoms with Crippen molar-refractivity contribution in [2.75, 3.05) is 25.2 Å². The molecule has 2 amide bonds. The number of ether oxygens (including phenoxy) is 2. The SMILES string of the molecule is O=C(Nc1cccs1)N1CC[C@H](c2ccc3c(c2)OCO3)C1. The van der Waals surface area contributed by atoms with Crippen LogP contribution in [0.2, 0.25) is 0 Å². The van der Waals surface area contributed by atoms with Gasteiger partial charge in [-0.3, -0.25) is 5.32 Å². The van der Waals surface area contributed by atoms with Crippen LogP contribution in [0.1, 0.15) is 17.9 Å². The summed E-state index contributed by atoms with van der Waals surface area (Å²) in [5, 5.41) is 5.78. The molecule has 1 aromatic carbocycles. The fraction of sp³-hybridized carbons (Fsp3) is 0.312. The molecule has 0 bridgehead atoms. The number of fused-ring (bicyclic) bond motifs is 1. The molecule has 2 aliphatic rings. The van der Waals surface area contributed by atoms with Crippen molar-refractivity contribution in [2.45, 2.75) is 12.3 Å². The highest BCUT2D eigenvalue weighted by atomic mass is 32.1. The Labute approximate surface area is 132 Å². The third-order valence-electron chi connectivity index (χ3n) is 4.09.